The van der Waals surface area contributed by atoms with Crippen LogP contribution in [0.2, 0.25) is 10.0 Å². The number of carboxylic acid groups (broad SMARTS) is 1. The number of rotatable bonds is 8. The minimum atomic E-state index is -1.04. The second kappa shape index (κ2) is 12.3. The summed E-state index contributed by atoms with van der Waals surface area (Å²) in [6.07, 6.45) is 1.75. The predicted molar refractivity (Wildman–Crippen MR) is 155 cm³/mol. The highest BCUT2D eigenvalue weighted by molar-refractivity contribution is 9.10. The van der Waals surface area contributed by atoms with Crippen LogP contribution in [0.15, 0.2) is 69.0 Å². The lowest BCUT2D eigenvalue weighted by molar-refractivity contribution is -0.122. The third-order valence-electron chi connectivity index (χ3n) is 5.46. The molecular weight excluding hydrogens is 615 g/mol. The molecule has 196 valence electrons. The van der Waals surface area contributed by atoms with E-state index in [-0.39, 0.29) is 18.1 Å². The van der Waals surface area contributed by atoms with E-state index in [0.29, 0.717) is 53.9 Å². The van der Waals surface area contributed by atoms with Crippen molar-refractivity contribution in [1.29, 1.82) is 0 Å². The van der Waals surface area contributed by atoms with E-state index >= 15 is 0 Å². The lowest BCUT2D eigenvalue weighted by Crippen LogP contribution is -2.28. The lowest BCUT2D eigenvalue weighted by atomic mass is 10.1. The zero-order valence-corrected chi connectivity index (χ0v) is 24.1. The molecule has 0 aliphatic carbocycles. The molecule has 1 aliphatic heterocycles. The molecule has 1 fully saturated rings. The molecule has 0 aromatic heterocycles. The van der Waals surface area contributed by atoms with E-state index in [1.165, 1.54) is 31.0 Å². The summed E-state index contributed by atoms with van der Waals surface area (Å²) in [5.74, 6) is -0.280. The molecule has 4 rings (SSSR count). The van der Waals surface area contributed by atoms with Crippen LogP contribution in [-0.2, 0) is 11.4 Å². The third-order valence-corrected chi connectivity index (χ3v) is 7.64. The number of amides is 1. The number of benzene rings is 3. The van der Waals surface area contributed by atoms with Gasteiger partial charge in [-0.2, -0.15) is 0 Å². The number of methoxy groups -OCH3 is 1. The number of nitrogens with zero attached hydrogens (tertiary/aromatic N) is 2. The Morgan fingerprint density at radius 3 is 2.66 bits per heavy atom. The van der Waals surface area contributed by atoms with Crippen molar-refractivity contribution in [3.63, 3.8) is 0 Å². The van der Waals surface area contributed by atoms with Gasteiger partial charge in [-0.15, -0.1) is 0 Å². The average Bonchev–Trinajstić information content (AvgIpc) is 3.17. The Morgan fingerprint density at radius 1 is 1.18 bits per heavy atom. The maximum atomic E-state index is 13.1. The maximum Gasteiger partial charge on any atom is 0.335 e. The number of likely N-dealkylation sites (N-methyl/N-ethyl adjacent to an activating group) is 1. The van der Waals surface area contributed by atoms with Gasteiger partial charge in [0.15, 0.2) is 16.7 Å². The maximum absolute atomic E-state index is 13.1. The summed E-state index contributed by atoms with van der Waals surface area (Å²) < 4.78 is 12.2. The summed E-state index contributed by atoms with van der Waals surface area (Å²) >= 11 is 17.0. The van der Waals surface area contributed by atoms with Crippen molar-refractivity contribution in [3.8, 4) is 11.5 Å². The zero-order valence-electron chi connectivity index (χ0n) is 20.2. The second-order valence-corrected chi connectivity index (χ2v) is 10.7. The highest BCUT2D eigenvalue weighted by Gasteiger charge is 2.32. The highest BCUT2D eigenvalue weighted by atomic mass is 79.9. The number of thioether (sulfide) groups is 1. The van der Waals surface area contributed by atoms with E-state index in [9.17, 15) is 14.7 Å². The van der Waals surface area contributed by atoms with Crippen molar-refractivity contribution in [3.05, 3.63) is 90.7 Å². The van der Waals surface area contributed by atoms with E-state index in [2.05, 4.69) is 20.9 Å². The molecule has 7 nitrogen and oxygen atoms in total. The average molecular weight is 636 g/mol. The number of carboxylic acids is 1. The SMILES string of the molecule is CCN1C(=O)/C(=C/c2cc(Br)c(OCc3ccc(Cl)cc3Cl)c(OC)c2)SC1=Nc1cccc(C(=O)O)c1. The Balaban J connectivity index is 1.60. The summed E-state index contributed by atoms with van der Waals surface area (Å²) in [7, 11) is 1.53. The van der Waals surface area contributed by atoms with Crippen molar-refractivity contribution in [2.24, 2.45) is 4.99 Å². The first-order valence-electron chi connectivity index (χ1n) is 11.3. The summed E-state index contributed by atoms with van der Waals surface area (Å²) in [6, 6.07) is 15.0. The Morgan fingerprint density at radius 2 is 1.97 bits per heavy atom. The molecule has 1 heterocycles. The first kappa shape index (κ1) is 28.0. The molecule has 0 spiro atoms. The molecule has 1 N–H and O–H groups in total. The highest BCUT2D eigenvalue weighted by Crippen LogP contribution is 2.40. The Hall–Kier alpha value is -2.98. The van der Waals surface area contributed by atoms with Gasteiger partial charge < -0.3 is 14.6 Å². The van der Waals surface area contributed by atoms with Crippen LogP contribution in [0.4, 0.5) is 5.69 Å². The molecule has 1 aliphatic rings. The summed E-state index contributed by atoms with van der Waals surface area (Å²) in [5.41, 5.74) is 2.06. The molecule has 0 saturated carbocycles. The normalized spacial score (nSPS) is 15.4. The summed E-state index contributed by atoms with van der Waals surface area (Å²) in [4.78, 5) is 31.0. The number of ether oxygens (including phenoxy) is 2. The number of aromatic carboxylic acids is 1. The van der Waals surface area contributed by atoms with Gasteiger partial charge in [0, 0.05) is 22.2 Å². The van der Waals surface area contributed by atoms with Gasteiger partial charge in [-0.05, 0) is 88.7 Å². The monoisotopic (exact) mass is 634 g/mol. The van der Waals surface area contributed by atoms with Crippen molar-refractivity contribution >= 4 is 79.7 Å². The second-order valence-electron chi connectivity index (χ2n) is 7.97. The predicted octanol–water partition coefficient (Wildman–Crippen LogP) is 7.67. The number of halogens is 3. The van der Waals surface area contributed by atoms with Crippen LogP contribution in [0.3, 0.4) is 0 Å². The van der Waals surface area contributed by atoms with Crippen LogP contribution in [0, 0.1) is 0 Å². The van der Waals surface area contributed by atoms with Gasteiger partial charge in [0.1, 0.15) is 6.61 Å². The summed E-state index contributed by atoms with van der Waals surface area (Å²) in [6.45, 7) is 2.46. The lowest BCUT2D eigenvalue weighted by Gasteiger charge is -2.14. The van der Waals surface area contributed by atoms with Crippen molar-refractivity contribution in [2.45, 2.75) is 13.5 Å². The fraction of sp³-hybridized carbons (Fsp3) is 0.148. The van der Waals surface area contributed by atoms with Crippen molar-refractivity contribution < 1.29 is 24.2 Å². The first-order chi connectivity index (χ1) is 18.2. The number of hydrogen-bond acceptors (Lipinski definition) is 6. The zero-order chi connectivity index (χ0) is 27.4. The van der Waals surface area contributed by atoms with Gasteiger partial charge in [0.05, 0.1) is 27.7 Å². The van der Waals surface area contributed by atoms with Crippen molar-refractivity contribution in [1.82, 2.24) is 4.90 Å². The fourth-order valence-electron chi connectivity index (χ4n) is 3.59. The molecule has 0 unspecified atom stereocenters. The van der Waals surface area contributed by atoms with Gasteiger partial charge in [0.2, 0.25) is 0 Å². The number of hydrogen-bond donors (Lipinski definition) is 1. The topological polar surface area (TPSA) is 88.4 Å². The number of carbonyl (C=O) groups is 2. The van der Waals surface area contributed by atoms with Crippen LogP contribution < -0.4 is 9.47 Å². The van der Waals surface area contributed by atoms with Gasteiger partial charge in [-0.3, -0.25) is 9.69 Å². The van der Waals surface area contributed by atoms with E-state index in [1.807, 2.05) is 13.0 Å². The molecule has 0 bridgehead atoms. The minimum absolute atomic E-state index is 0.123. The Bertz CT molecular complexity index is 1480. The third kappa shape index (κ3) is 6.35. The molecule has 38 heavy (non-hydrogen) atoms. The minimum Gasteiger partial charge on any atom is -0.493 e. The van der Waals surface area contributed by atoms with Gasteiger partial charge in [-0.25, -0.2) is 9.79 Å². The molecule has 1 saturated heterocycles. The van der Waals surface area contributed by atoms with E-state index < -0.39 is 5.97 Å². The Kier molecular flexibility index (Phi) is 9.04. The molecule has 11 heteroatoms. The quantitative estimate of drug-likeness (QED) is 0.256. The van der Waals surface area contributed by atoms with Crippen LogP contribution in [0.25, 0.3) is 6.08 Å². The molecular formula is C27H21BrCl2N2O5S. The number of aliphatic imine (C=N–C) groups is 1. The van der Waals surface area contributed by atoms with E-state index in [0.717, 1.165) is 5.56 Å². The standard InChI is InChI=1S/C27H21BrCl2N2O5S/c1-3-32-25(33)23(38-27(32)31-19-6-4-5-16(12-19)26(34)35)11-15-9-20(28)24(22(10-15)36-2)37-14-17-7-8-18(29)13-21(17)30/h4-13H,3,14H2,1-2H3,(H,34,35)/b23-11-,31-27?. The van der Waals surface area contributed by atoms with E-state index in [4.69, 9.17) is 32.7 Å². The fourth-order valence-corrected chi connectivity index (χ4v) is 5.69. The number of carbonyl (C=O) groups excluding carboxylic acids is 1. The van der Waals surface area contributed by atoms with Crippen LogP contribution >= 0.6 is 50.9 Å². The largest absolute Gasteiger partial charge is 0.493 e. The number of amidine groups is 1. The van der Waals surface area contributed by atoms with Gasteiger partial charge in [0.25, 0.3) is 5.91 Å². The van der Waals surface area contributed by atoms with Crippen LogP contribution in [0.1, 0.15) is 28.4 Å². The van der Waals surface area contributed by atoms with Crippen LogP contribution in [-0.4, -0.2) is 40.7 Å². The molecule has 3 aromatic carbocycles. The molecule has 3 aromatic rings. The Labute approximate surface area is 242 Å². The molecule has 1 amide bonds. The smallest absolute Gasteiger partial charge is 0.335 e. The summed E-state index contributed by atoms with van der Waals surface area (Å²) in [5, 5.41) is 10.8. The van der Waals surface area contributed by atoms with Crippen LogP contribution in [0.5, 0.6) is 11.5 Å². The molecule has 0 radical (unpaired) electrons. The van der Waals surface area contributed by atoms with Gasteiger partial charge in [-0.1, -0.05) is 35.3 Å². The first-order valence-corrected chi connectivity index (χ1v) is 13.6. The van der Waals surface area contributed by atoms with E-state index in [1.54, 1.807) is 47.4 Å². The van der Waals surface area contributed by atoms with Crippen molar-refractivity contribution in [2.75, 3.05) is 13.7 Å². The van der Waals surface area contributed by atoms with Gasteiger partial charge >= 0.3 is 5.97 Å². The molecule has 0 atom stereocenters.